The van der Waals surface area contributed by atoms with Crippen LogP contribution in [-0.4, -0.2) is 29.3 Å². The molecule has 2 aromatic carbocycles. The highest BCUT2D eigenvalue weighted by atomic mass is 35.7. The lowest BCUT2D eigenvalue weighted by atomic mass is 10.2. The van der Waals surface area contributed by atoms with Crippen molar-refractivity contribution in [1.82, 2.24) is 0 Å². The minimum atomic E-state index is -3.19. The third-order valence-corrected chi connectivity index (χ3v) is 3.23. The van der Waals surface area contributed by atoms with E-state index in [2.05, 4.69) is 28.6 Å². The number of sulfonamides is 1. The van der Waals surface area contributed by atoms with E-state index in [0.717, 1.165) is 29.3 Å². The van der Waals surface area contributed by atoms with Crippen molar-refractivity contribution >= 4 is 53.3 Å². The Hall–Kier alpha value is -2.29. The molecule has 148 valence electrons. The Bertz CT molecular complexity index is 930. The van der Waals surface area contributed by atoms with Gasteiger partial charge in [-0.2, -0.15) is 0 Å². The minimum absolute atomic E-state index is 0.563. The number of nitrogens with one attached hydrogen (secondary N) is 1. The van der Waals surface area contributed by atoms with Crippen molar-refractivity contribution in [2.75, 3.05) is 23.0 Å². The van der Waals surface area contributed by atoms with Gasteiger partial charge in [0.1, 0.15) is 0 Å². The van der Waals surface area contributed by atoms with Gasteiger partial charge in [0.2, 0.25) is 19.1 Å². The molecule has 0 heterocycles. The number of nitrogens with two attached hydrogens (primary N) is 1. The summed E-state index contributed by atoms with van der Waals surface area (Å²) in [5.41, 5.74) is 8.86. The Morgan fingerprint density at radius 3 is 1.48 bits per heavy atom. The van der Waals surface area contributed by atoms with Crippen molar-refractivity contribution in [1.29, 1.82) is 0 Å². The highest BCUT2D eigenvalue weighted by molar-refractivity contribution is 8.13. The first-order valence-corrected chi connectivity index (χ1v) is 12.0. The molecular weight excluding hydrogens is 408 g/mol. The van der Waals surface area contributed by atoms with Gasteiger partial charge in [-0.25, -0.2) is 16.8 Å². The number of rotatable bonds is 4. The summed E-state index contributed by atoms with van der Waals surface area (Å²) in [5, 5.41) is 0. The van der Waals surface area contributed by atoms with E-state index in [1.54, 1.807) is 36.4 Å². The van der Waals surface area contributed by atoms with E-state index in [4.69, 9.17) is 5.73 Å². The maximum atomic E-state index is 10.8. The van der Waals surface area contributed by atoms with Gasteiger partial charge >= 0.3 is 0 Å². The predicted molar refractivity (Wildman–Crippen MR) is 117 cm³/mol. The molecule has 0 aliphatic heterocycles. The van der Waals surface area contributed by atoms with Crippen LogP contribution in [0.15, 0.2) is 61.7 Å². The third kappa shape index (κ3) is 15.7. The molecule has 0 aliphatic rings. The Kier molecular flexibility index (Phi) is 10.5. The van der Waals surface area contributed by atoms with Crippen LogP contribution in [0.1, 0.15) is 11.1 Å². The van der Waals surface area contributed by atoms with Crippen LogP contribution < -0.4 is 10.5 Å². The fraction of sp³-hybridized carbons (Fsp3) is 0.111. The average molecular weight is 431 g/mol. The zero-order chi connectivity index (χ0) is 21.1. The van der Waals surface area contributed by atoms with Gasteiger partial charge in [0.05, 0.1) is 12.5 Å². The largest absolute Gasteiger partial charge is 0.399 e. The smallest absolute Gasteiger partial charge is 0.229 e. The molecule has 3 N–H and O–H groups in total. The standard InChI is InChI=1S/C9H11NO2S.C8H9N.CH3ClO2S/c1-3-8-4-6-9(7-5-8)10-13(2,11)12;1-2-7-3-5-8(9)6-4-7;1-5(2,3)4/h3-7,10H,1H2,2H3;2-6H,1,9H2;1H3. The van der Waals surface area contributed by atoms with Crippen molar-refractivity contribution in [3.63, 3.8) is 0 Å². The highest BCUT2D eigenvalue weighted by Gasteiger charge is 1.99. The summed E-state index contributed by atoms with van der Waals surface area (Å²) in [6.07, 6.45) is 5.53. The van der Waals surface area contributed by atoms with E-state index in [-0.39, 0.29) is 0 Å². The summed E-state index contributed by atoms with van der Waals surface area (Å²) in [5.74, 6) is 0. The molecule has 0 radical (unpaired) electrons. The summed E-state index contributed by atoms with van der Waals surface area (Å²) in [6.45, 7) is 7.22. The summed E-state index contributed by atoms with van der Waals surface area (Å²) in [7, 11) is -1.86. The molecule has 2 rings (SSSR count). The molecule has 2 aromatic rings. The van der Waals surface area contributed by atoms with Crippen molar-refractivity contribution in [3.05, 3.63) is 72.8 Å². The van der Waals surface area contributed by atoms with Crippen LogP contribution in [-0.2, 0) is 19.1 Å². The van der Waals surface area contributed by atoms with E-state index in [9.17, 15) is 16.8 Å². The topological polar surface area (TPSA) is 106 Å². The molecule has 0 bridgehead atoms. The van der Waals surface area contributed by atoms with Crippen LogP contribution >= 0.6 is 10.7 Å². The first-order chi connectivity index (χ1) is 12.3. The Balaban J connectivity index is 0.000000419. The molecule has 0 spiro atoms. The zero-order valence-electron chi connectivity index (χ0n) is 15.1. The van der Waals surface area contributed by atoms with Gasteiger partial charge in [0, 0.05) is 22.1 Å². The van der Waals surface area contributed by atoms with Gasteiger partial charge in [-0.05, 0) is 35.4 Å². The lowest BCUT2D eigenvalue weighted by Gasteiger charge is -2.02. The zero-order valence-corrected chi connectivity index (χ0v) is 17.5. The van der Waals surface area contributed by atoms with Crippen LogP contribution in [0.3, 0.4) is 0 Å². The van der Waals surface area contributed by atoms with Crippen LogP contribution in [0.4, 0.5) is 11.4 Å². The van der Waals surface area contributed by atoms with Crippen LogP contribution in [0.25, 0.3) is 12.2 Å². The second kappa shape index (κ2) is 11.4. The molecule has 0 atom stereocenters. The first kappa shape index (κ1) is 24.7. The number of halogens is 1. The van der Waals surface area contributed by atoms with E-state index >= 15 is 0 Å². The number of nitrogen functional groups attached to an aromatic ring is 1. The molecule has 0 aliphatic carbocycles. The fourth-order valence-corrected chi connectivity index (χ4v) is 2.10. The van der Waals surface area contributed by atoms with Crippen molar-refractivity contribution in [2.45, 2.75) is 0 Å². The molecule has 0 unspecified atom stereocenters. The van der Waals surface area contributed by atoms with E-state index in [1.165, 1.54) is 0 Å². The van der Waals surface area contributed by atoms with Crippen LogP contribution in [0.5, 0.6) is 0 Å². The lowest BCUT2D eigenvalue weighted by Crippen LogP contribution is -2.09. The molecule has 27 heavy (non-hydrogen) atoms. The fourth-order valence-electron chi connectivity index (χ4n) is 1.53. The van der Waals surface area contributed by atoms with Crippen molar-refractivity contribution < 1.29 is 16.8 Å². The second-order valence-electron chi connectivity index (χ2n) is 5.25. The molecule has 9 heteroatoms. The van der Waals surface area contributed by atoms with Gasteiger partial charge in [-0.15, -0.1) is 0 Å². The minimum Gasteiger partial charge on any atom is -0.399 e. The molecule has 0 aromatic heterocycles. The summed E-state index contributed by atoms with van der Waals surface area (Å²) < 4.78 is 42.8. The quantitative estimate of drug-likeness (QED) is 0.566. The maximum Gasteiger partial charge on any atom is 0.229 e. The normalized spacial score (nSPS) is 10.3. The number of hydrogen-bond acceptors (Lipinski definition) is 5. The van der Waals surface area contributed by atoms with Crippen LogP contribution in [0.2, 0.25) is 0 Å². The van der Waals surface area contributed by atoms with E-state index < -0.39 is 19.1 Å². The van der Waals surface area contributed by atoms with Crippen molar-refractivity contribution in [3.8, 4) is 0 Å². The van der Waals surface area contributed by atoms with Crippen LogP contribution in [0, 0.1) is 0 Å². The number of benzene rings is 2. The predicted octanol–water partition coefficient (Wildman–Crippen LogP) is 3.80. The van der Waals surface area contributed by atoms with Gasteiger partial charge in [0.25, 0.3) is 0 Å². The maximum absolute atomic E-state index is 10.8. The number of hydrogen-bond donors (Lipinski definition) is 2. The van der Waals surface area contributed by atoms with Crippen molar-refractivity contribution in [2.24, 2.45) is 0 Å². The summed E-state index contributed by atoms with van der Waals surface area (Å²) >= 11 is 0. The molecule has 0 amide bonds. The molecule has 0 fully saturated rings. The van der Waals surface area contributed by atoms with Gasteiger partial charge in [-0.1, -0.05) is 49.6 Å². The lowest BCUT2D eigenvalue weighted by molar-refractivity contribution is 0.606. The summed E-state index contributed by atoms with van der Waals surface area (Å²) in [6, 6.07) is 14.6. The van der Waals surface area contributed by atoms with Gasteiger partial charge in [-0.3, -0.25) is 4.72 Å². The third-order valence-electron chi connectivity index (χ3n) is 2.62. The van der Waals surface area contributed by atoms with Gasteiger partial charge < -0.3 is 5.73 Å². The second-order valence-corrected chi connectivity index (χ2v) is 10.0. The van der Waals surface area contributed by atoms with E-state index in [0.29, 0.717) is 5.69 Å². The SMILES string of the molecule is C=Cc1ccc(N)cc1.C=Cc1ccc(NS(C)(=O)=O)cc1.CS(=O)(=O)Cl. The molecule has 0 saturated heterocycles. The Labute approximate surface area is 165 Å². The molecule has 0 saturated carbocycles. The Morgan fingerprint density at radius 2 is 1.19 bits per heavy atom. The molecule has 6 nitrogen and oxygen atoms in total. The Morgan fingerprint density at radius 1 is 0.852 bits per heavy atom. The summed E-state index contributed by atoms with van der Waals surface area (Å²) in [4.78, 5) is 0. The molecular formula is C18H23ClN2O4S2. The average Bonchev–Trinajstić information content (AvgIpc) is 2.54. The van der Waals surface area contributed by atoms with Gasteiger partial charge in [0.15, 0.2) is 0 Å². The monoisotopic (exact) mass is 430 g/mol. The van der Waals surface area contributed by atoms with E-state index in [1.807, 2.05) is 24.3 Å². The highest BCUT2D eigenvalue weighted by Crippen LogP contribution is 2.11. The first-order valence-electron chi connectivity index (χ1n) is 7.42. The number of anilines is 2.